The maximum atomic E-state index is 3.17. The third-order valence-corrected chi connectivity index (χ3v) is 2.24. The van der Waals surface area contributed by atoms with Crippen LogP contribution in [-0.2, 0) is 6.42 Å². The van der Waals surface area contributed by atoms with E-state index in [4.69, 9.17) is 0 Å². The average molecular weight is 179 g/mol. The molecule has 0 amide bonds. The van der Waals surface area contributed by atoms with Gasteiger partial charge in [0.2, 0.25) is 0 Å². The summed E-state index contributed by atoms with van der Waals surface area (Å²) in [5.74, 6) is 0. The molecular formula is C12H21N. The van der Waals surface area contributed by atoms with Crippen molar-refractivity contribution in [3.05, 3.63) is 35.9 Å². The molecule has 0 spiro atoms. The summed E-state index contributed by atoms with van der Waals surface area (Å²) in [6.45, 7) is 1.15. The first-order valence-electron chi connectivity index (χ1n) is 5.12. The summed E-state index contributed by atoms with van der Waals surface area (Å²) in [6, 6.07) is 10.7. The monoisotopic (exact) mass is 179 g/mol. The molecule has 1 heteroatoms. The van der Waals surface area contributed by atoms with Gasteiger partial charge in [-0.15, -0.1) is 0 Å². The van der Waals surface area contributed by atoms with Gasteiger partial charge in [0.05, 0.1) is 0 Å². The Morgan fingerprint density at radius 2 is 1.85 bits per heavy atom. The predicted molar refractivity (Wildman–Crippen MR) is 60.0 cm³/mol. The molecule has 0 fully saturated rings. The van der Waals surface area contributed by atoms with E-state index in [0.29, 0.717) is 0 Å². The lowest BCUT2D eigenvalue weighted by molar-refractivity contribution is 0.642. The van der Waals surface area contributed by atoms with E-state index in [-0.39, 0.29) is 1.43 Å². The summed E-state index contributed by atoms with van der Waals surface area (Å²) in [4.78, 5) is 0. The molecule has 0 aliphatic carbocycles. The summed E-state index contributed by atoms with van der Waals surface area (Å²) in [5, 5.41) is 3.17. The van der Waals surface area contributed by atoms with E-state index in [0.717, 1.165) is 6.54 Å². The number of nitrogens with one attached hydrogen (secondary N) is 1. The molecule has 1 rings (SSSR count). The quantitative estimate of drug-likeness (QED) is 0.662. The molecule has 74 valence electrons. The van der Waals surface area contributed by atoms with Gasteiger partial charge in [0.15, 0.2) is 0 Å². The molecule has 0 aliphatic rings. The van der Waals surface area contributed by atoms with Gasteiger partial charge >= 0.3 is 0 Å². The lowest BCUT2D eigenvalue weighted by Crippen LogP contribution is -2.07. The van der Waals surface area contributed by atoms with Crippen LogP contribution in [0.25, 0.3) is 0 Å². The lowest BCUT2D eigenvalue weighted by Gasteiger charge is -2.01. The van der Waals surface area contributed by atoms with Gasteiger partial charge in [-0.2, -0.15) is 0 Å². The fourth-order valence-corrected chi connectivity index (χ4v) is 1.45. The van der Waals surface area contributed by atoms with E-state index in [9.17, 15) is 0 Å². The standard InChI is InChI=1S/C12H19N.H2/c1-13-11-7-3-6-10-12-8-4-2-5-9-12;/h2,4-5,8-9,13H,3,6-7,10-11H2,1H3;1H. The van der Waals surface area contributed by atoms with Crippen molar-refractivity contribution in [2.24, 2.45) is 0 Å². The molecule has 1 aromatic rings. The minimum atomic E-state index is 0. The van der Waals surface area contributed by atoms with E-state index in [1.165, 1.54) is 31.2 Å². The van der Waals surface area contributed by atoms with Crippen molar-refractivity contribution in [1.29, 1.82) is 0 Å². The third-order valence-electron chi connectivity index (χ3n) is 2.24. The maximum Gasteiger partial charge on any atom is 0 e. The van der Waals surface area contributed by atoms with Crippen molar-refractivity contribution in [2.45, 2.75) is 25.7 Å². The highest BCUT2D eigenvalue weighted by molar-refractivity contribution is 5.14. The van der Waals surface area contributed by atoms with Crippen LogP contribution in [0.3, 0.4) is 0 Å². The molecule has 0 aliphatic heterocycles. The van der Waals surface area contributed by atoms with Crippen LogP contribution in [0.15, 0.2) is 30.3 Å². The topological polar surface area (TPSA) is 12.0 Å². The first-order chi connectivity index (χ1) is 6.43. The van der Waals surface area contributed by atoms with Crippen LogP contribution in [0.2, 0.25) is 0 Å². The molecule has 1 nitrogen and oxygen atoms in total. The number of benzene rings is 1. The Balaban J connectivity index is 0.00000169. The molecule has 0 saturated carbocycles. The van der Waals surface area contributed by atoms with Crippen molar-refractivity contribution >= 4 is 0 Å². The predicted octanol–water partition coefficient (Wildman–Crippen LogP) is 2.86. The molecular weight excluding hydrogens is 158 g/mol. The Morgan fingerprint density at radius 1 is 1.08 bits per heavy atom. The molecule has 0 aromatic heterocycles. The van der Waals surface area contributed by atoms with Gasteiger partial charge in [-0.1, -0.05) is 36.8 Å². The van der Waals surface area contributed by atoms with Gasteiger partial charge in [-0.05, 0) is 38.4 Å². The number of hydrogen-bond acceptors (Lipinski definition) is 1. The van der Waals surface area contributed by atoms with E-state index in [2.05, 4.69) is 35.6 Å². The molecule has 1 aromatic carbocycles. The van der Waals surface area contributed by atoms with E-state index < -0.39 is 0 Å². The molecule has 0 atom stereocenters. The number of hydrogen-bond donors (Lipinski definition) is 1. The minimum Gasteiger partial charge on any atom is -0.320 e. The molecule has 0 bridgehead atoms. The zero-order chi connectivity index (χ0) is 9.36. The van der Waals surface area contributed by atoms with Crippen molar-refractivity contribution in [2.75, 3.05) is 13.6 Å². The van der Waals surface area contributed by atoms with Gasteiger partial charge in [-0.25, -0.2) is 0 Å². The molecule has 0 heterocycles. The van der Waals surface area contributed by atoms with Crippen molar-refractivity contribution in [3.8, 4) is 0 Å². The van der Waals surface area contributed by atoms with Crippen molar-refractivity contribution in [3.63, 3.8) is 0 Å². The molecule has 0 unspecified atom stereocenters. The first kappa shape index (κ1) is 10.3. The number of unbranched alkanes of at least 4 members (excludes halogenated alkanes) is 2. The van der Waals surface area contributed by atoms with Crippen LogP contribution in [0.1, 0.15) is 26.3 Å². The zero-order valence-corrected chi connectivity index (χ0v) is 8.42. The number of aryl methyl sites for hydroxylation is 1. The fourth-order valence-electron chi connectivity index (χ4n) is 1.45. The Hall–Kier alpha value is -0.820. The average Bonchev–Trinajstić information content (AvgIpc) is 2.19. The second-order valence-corrected chi connectivity index (χ2v) is 3.40. The summed E-state index contributed by atoms with van der Waals surface area (Å²) in [6.07, 6.45) is 5.16. The third kappa shape index (κ3) is 4.69. The van der Waals surface area contributed by atoms with E-state index >= 15 is 0 Å². The van der Waals surface area contributed by atoms with Crippen molar-refractivity contribution < 1.29 is 1.43 Å². The normalized spacial score (nSPS) is 10.2. The highest BCUT2D eigenvalue weighted by Crippen LogP contribution is 2.05. The number of rotatable bonds is 6. The summed E-state index contributed by atoms with van der Waals surface area (Å²) >= 11 is 0. The van der Waals surface area contributed by atoms with Gasteiger partial charge in [0, 0.05) is 1.43 Å². The Kier molecular flexibility index (Phi) is 5.27. The van der Waals surface area contributed by atoms with Gasteiger partial charge in [0.1, 0.15) is 0 Å². The Morgan fingerprint density at radius 3 is 2.54 bits per heavy atom. The van der Waals surface area contributed by atoms with Crippen LogP contribution in [0, 0.1) is 0 Å². The van der Waals surface area contributed by atoms with Gasteiger partial charge in [0.25, 0.3) is 0 Å². The van der Waals surface area contributed by atoms with Gasteiger partial charge in [-0.3, -0.25) is 0 Å². The smallest absolute Gasteiger partial charge is 0 e. The molecule has 0 radical (unpaired) electrons. The first-order valence-corrected chi connectivity index (χ1v) is 5.12. The van der Waals surface area contributed by atoms with Crippen LogP contribution in [-0.4, -0.2) is 13.6 Å². The fraction of sp³-hybridized carbons (Fsp3) is 0.500. The maximum absolute atomic E-state index is 3.17. The van der Waals surface area contributed by atoms with Gasteiger partial charge < -0.3 is 5.32 Å². The van der Waals surface area contributed by atoms with Crippen LogP contribution < -0.4 is 5.32 Å². The van der Waals surface area contributed by atoms with Crippen LogP contribution in [0.5, 0.6) is 0 Å². The largest absolute Gasteiger partial charge is 0.320 e. The van der Waals surface area contributed by atoms with E-state index in [1.807, 2.05) is 7.05 Å². The molecule has 0 saturated heterocycles. The molecule has 1 N–H and O–H groups in total. The van der Waals surface area contributed by atoms with Crippen LogP contribution in [0.4, 0.5) is 0 Å². The SMILES string of the molecule is CNCCCCCc1ccccc1.[HH]. The summed E-state index contributed by atoms with van der Waals surface area (Å²) in [5.41, 5.74) is 1.46. The molecule has 13 heavy (non-hydrogen) atoms. The second-order valence-electron chi connectivity index (χ2n) is 3.40. The Labute approximate surface area is 82.7 Å². The highest BCUT2D eigenvalue weighted by Gasteiger charge is 1.91. The second kappa shape index (κ2) is 6.67. The van der Waals surface area contributed by atoms with Crippen molar-refractivity contribution in [1.82, 2.24) is 5.32 Å². The summed E-state index contributed by atoms with van der Waals surface area (Å²) < 4.78 is 0. The lowest BCUT2D eigenvalue weighted by atomic mass is 10.1. The minimum absolute atomic E-state index is 0. The zero-order valence-electron chi connectivity index (χ0n) is 8.42. The van der Waals surface area contributed by atoms with E-state index in [1.54, 1.807) is 0 Å². The highest BCUT2D eigenvalue weighted by atomic mass is 14.8. The van der Waals surface area contributed by atoms with Crippen LogP contribution >= 0.6 is 0 Å². The summed E-state index contributed by atoms with van der Waals surface area (Å²) in [7, 11) is 2.01. The Bertz CT molecular complexity index is 211.